The van der Waals surface area contributed by atoms with E-state index in [9.17, 15) is 4.79 Å². The molecule has 0 radical (unpaired) electrons. The smallest absolute Gasteiger partial charge is 0.155 e. The Bertz CT molecular complexity index is 729. The highest BCUT2D eigenvalue weighted by atomic mass is 16.1. The first-order valence-electron chi connectivity index (χ1n) is 12.6. The van der Waals surface area contributed by atoms with Crippen molar-refractivity contribution < 1.29 is 4.79 Å². The molecule has 3 saturated carbocycles. The van der Waals surface area contributed by atoms with Gasteiger partial charge in [0.15, 0.2) is 5.78 Å². The van der Waals surface area contributed by atoms with E-state index in [0.717, 1.165) is 36.5 Å². The molecule has 0 spiro atoms. The summed E-state index contributed by atoms with van der Waals surface area (Å²) in [6, 6.07) is 0. The first-order valence-corrected chi connectivity index (χ1v) is 12.6. The highest BCUT2D eigenvalue weighted by Crippen LogP contribution is 2.67. The van der Waals surface area contributed by atoms with Crippen LogP contribution in [0.15, 0.2) is 23.4 Å². The summed E-state index contributed by atoms with van der Waals surface area (Å²) in [6.45, 7) is 10.1. The van der Waals surface area contributed by atoms with Crippen LogP contribution in [-0.2, 0) is 4.79 Å². The van der Waals surface area contributed by atoms with Crippen molar-refractivity contribution in [1.82, 2.24) is 4.90 Å². The monoisotopic (exact) mass is 395 g/mol. The predicted octanol–water partition coefficient (Wildman–Crippen LogP) is 6.52. The fourth-order valence-electron chi connectivity index (χ4n) is 8.73. The largest absolute Gasteiger partial charge is 0.377 e. The second-order valence-corrected chi connectivity index (χ2v) is 11.6. The summed E-state index contributed by atoms with van der Waals surface area (Å²) in [5.41, 5.74) is 3.99. The minimum absolute atomic E-state index is 0.314. The van der Waals surface area contributed by atoms with Crippen LogP contribution in [0.4, 0.5) is 0 Å². The van der Waals surface area contributed by atoms with Gasteiger partial charge < -0.3 is 4.90 Å². The predicted molar refractivity (Wildman–Crippen MR) is 119 cm³/mol. The lowest BCUT2D eigenvalue weighted by atomic mass is 9.46. The van der Waals surface area contributed by atoms with E-state index < -0.39 is 0 Å². The number of allylic oxidation sites excluding steroid dienone is 2. The Labute approximate surface area is 178 Å². The highest BCUT2D eigenvalue weighted by Gasteiger charge is 2.59. The van der Waals surface area contributed by atoms with E-state index >= 15 is 0 Å². The van der Waals surface area contributed by atoms with E-state index in [-0.39, 0.29) is 0 Å². The zero-order valence-electron chi connectivity index (χ0n) is 19.0. The molecule has 0 aromatic heterocycles. The van der Waals surface area contributed by atoms with Gasteiger partial charge in [0.25, 0.3) is 0 Å². The van der Waals surface area contributed by atoms with Crippen LogP contribution in [0.5, 0.6) is 0 Å². The lowest BCUT2D eigenvalue weighted by molar-refractivity contribution is -0.117. The van der Waals surface area contributed by atoms with Crippen molar-refractivity contribution in [3.8, 4) is 0 Å². The summed E-state index contributed by atoms with van der Waals surface area (Å²) < 4.78 is 0. The number of carbonyl (C=O) groups is 1. The highest BCUT2D eigenvalue weighted by molar-refractivity contribution is 5.91. The number of ketones is 1. The van der Waals surface area contributed by atoms with Crippen molar-refractivity contribution in [2.24, 2.45) is 34.5 Å². The molecule has 1 aliphatic heterocycles. The van der Waals surface area contributed by atoms with Crippen molar-refractivity contribution in [2.45, 2.75) is 91.4 Å². The van der Waals surface area contributed by atoms with Gasteiger partial charge in [-0.1, -0.05) is 25.0 Å². The number of hydrogen-bond acceptors (Lipinski definition) is 2. The average molecular weight is 396 g/mol. The Morgan fingerprint density at radius 2 is 1.79 bits per heavy atom. The lowest BCUT2D eigenvalue weighted by Crippen LogP contribution is -2.50. The molecule has 2 nitrogen and oxygen atoms in total. The van der Waals surface area contributed by atoms with E-state index in [1.54, 1.807) is 5.57 Å². The number of nitrogens with zero attached hydrogens (tertiary/aromatic N) is 1. The molecule has 0 bridgehead atoms. The molecule has 4 aliphatic carbocycles. The van der Waals surface area contributed by atoms with Crippen LogP contribution in [0, 0.1) is 34.5 Å². The van der Waals surface area contributed by atoms with Gasteiger partial charge in [0.05, 0.1) is 0 Å². The molecule has 29 heavy (non-hydrogen) atoms. The van der Waals surface area contributed by atoms with Gasteiger partial charge in [0.1, 0.15) is 0 Å². The van der Waals surface area contributed by atoms with Crippen molar-refractivity contribution in [3.63, 3.8) is 0 Å². The van der Waals surface area contributed by atoms with Crippen LogP contribution in [0.25, 0.3) is 0 Å². The van der Waals surface area contributed by atoms with E-state index in [1.807, 2.05) is 0 Å². The van der Waals surface area contributed by atoms with Gasteiger partial charge in [-0.05, 0) is 118 Å². The third-order valence-corrected chi connectivity index (χ3v) is 10.3. The molecule has 5 aliphatic rings. The van der Waals surface area contributed by atoms with E-state index in [4.69, 9.17) is 0 Å². The zero-order chi connectivity index (χ0) is 20.2. The van der Waals surface area contributed by atoms with E-state index in [1.165, 1.54) is 76.5 Å². The molecular weight excluding hydrogens is 354 g/mol. The van der Waals surface area contributed by atoms with Crippen molar-refractivity contribution in [2.75, 3.05) is 13.1 Å². The first kappa shape index (κ1) is 19.9. The second kappa shape index (κ2) is 7.27. The number of piperidine rings is 1. The van der Waals surface area contributed by atoms with Crippen LogP contribution in [0.2, 0.25) is 0 Å². The Hall–Kier alpha value is -1.05. The number of rotatable bonds is 2. The first-order chi connectivity index (χ1) is 13.9. The van der Waals surface area contributed by atoms with Crippen LogP contribution >= 0.6 is 0 Å². The van der Waals surface area contributed by atoms with Crippen LogP contribution < -0.4 is 0 Å². The topological polar surface area (TPSA) is 20.3 Å². The molecule has 0 aromatic rings. The van der Waals surface area contributed by atoms with Gasteiger partial charge in [0.2, 0.25) is 0 Å². The molecule has 160 valence electrons. The van der Waals surface area contributed by atoms with Crippen molar-refractivity contribution in [3.05, 3.63) is 23.4 Å². The van der Waals surface area contributed by atoms with Gasteiger partial charge in [-0.25, -0.2) is 0 Å². The Balaban J connectivity index is 1.38. The molecular formula is C27H41NO. The molecule has 0 aromatic carbocycles. The number of likely N-dealkylation sites (tertiary alicyclic amines) is 1. The zero-order valence-corrected chi connectivity index (χ0v) is 19.0. The van der Waals surface area contributed by atoms with Crippen LogP contribution in [0.1, 0.15) is 91.4 Å². The molecule has 2 heteroatoms. The Kier molecular flexibility index (Phi) is 4.99. The molecule has 0 amide bonds. The fraction of sp³-hybridized carbons (Fsp3) is 0.815. The SMILES string of the molecule is C/C(=C\N1CCCCC1)[C@@H]1CC[C@@H]2[C@H]3CCC4=CC(=O)CC[C@]4(C)[C@@H]3CC[C@@]21C. The van der Waals surface area contributed by atoms with Gasteiger partial charge in [-0.15, -0.1) is 0 Å². The lowest BCUT2D eigenvalue weighted by Gasteiger charge is -2.58. The third-order valence-electron chi connectivity index (χ3n) is 10.3. The van der Waals surface area contributed by atoms with Gasteiger partial charge >= 0.3 is 0 Å². The van der Waals surface area contributed by atoms with E-state index in [0.29, 0.717) is 16.6 Å². The number of hydrogen-bond donors (Lipinski definition) is 0. The Morgan fingerprint density at radius 1 is 1.00 bits per heavy atom. The molecule has 0 N–H and O–H groups in total. The normalized spacial score (nSPS) is 45.3. The van der Waals surface area contributed by atoms with Gasteiger partial charge in [0, 0.05) is 19.5 Å². The fourth-order valence-corrected chi connectivity index (χ4v) is 8.73. The maximum absolute atomic E-state index is 12.0. The molecule has 4 fully saturated rings. The van der Waals surface area contributed by atoms with Gasteiger partial charge in [-0.3, -0.25) is 4.79 Å². The summed E-state index contributed by atoms with van der Waals surface area (Å²) in [4.78, 5) is 14.7. The molecule has 6 atom stereocenters. The second-order valence-electron chi connectivity index (χ2n) is 11.6. The molecule has 1 saturated heterocycles. The number of fused-ring (bicyclic) bond motifs is 5. The summed E-state index contributed by atoms with van der Waals surface area (Å²) in [5.74, 6) is 3.77. The summed E-state index contributed by atoms with van der Waals surface area (Å²) in [6.07, 6.45) is 18.8. The van der Waals surface area contributed by atoms with Crippen molar-refractivity contribution in [1.29, 1.82) is 0 Å². The Morgan fingerprint density at radius 3 is 2.59 bits per heavy atom. The minimum Gasteiger partial charge on any atom is -0.377 e. The summed E-state index contributed by atoms with van der Waals surface area (Å²) in [5, 5.41) is 0. The third kappa shape index (κ3) is 3.15. The quantitative estimate of drug-likeness (QED) is 0.530. The molecule has 5 rings (SSSR count). The molecule has 1 heterocycles. The van der Waals surface area contributed by atoms with Crippen LogP contribution in [0.3, 0.4) is 0 Å². The summed E-state index contributed by atoms with van der Waals surface area (Å²) in [7, 11) is 0. The van der Waals surface area contributed by atoms with Crippen molar-refractivity contribution >= 4 is 5.78 Å². The number of carbonyl (C=O) groups excluding carboxylic acids is 1. The van der Waals surface area contributed by atoms with Crippen LogP contribution in [-0.4, -0.2) is 23.8 Å². The maximum atomic E-state index is 12.0. The van der Waals surface area contributed by atoms with E-state index in [2.05, 4.69) is 37.9 Å². The maximum Gasteiger partial charge on any atom is 0.155 e. The standard InChI is InChI=1S/C27H41NO/c1-19(18-28-15-5-4-6-16-28)23-9-10-24-22-8-7-20-17-21(29)11-13-26(20,2)25(22)12-14-27(23,24)3/h17-18,22-25H,4-16H2,1-3H3/b19-18+/t22-,23+,24-,25-,26+,27-/m1/s1. The average Bonchev–Trinajstić information content (AvgIpc) is 3.06. The van der Waals surface area contributed by atoms with Gasteiger partial charge in [-0.2, -0.15) is 0 Å². The molecule has 0 unspecified atom stereocenters. The summed E-state index contributed by atoms with van der Waals surface area (Å²) >= 11 is 0. The minimum atomic E-state index is 0.314.